The smallest absolute Gasteiger partial charge is 0.242 e. The molecule has 1 fully saturated rings. The SMILES string of the molecule is CCN1CCN(c2cc3ncnc(N)c3c(Oc3c(C)ccc4[nH]ncc34)n2)CC1=O. The number of piperazine rings is 1. The van der Waals surface area contributed by atoms with Gasteiger partial charge in [0.05, 0.1) is 29.2 Å². The van der Waals surface area contributed by atoms with Crippen LogP contribution in [-0.4, -0.2) is 62.1 Å². The fourth-order valence-corrected chi connectivity index (χ4v) is 3.86. The highest BCUT2D eigenvalue weighted by molar-refractivity contribution is 5.95. The van der Waals surface area contributed by atoms with Crippen LogP contribution in [0.2, 0.25) is 0 Å². The third-order valence-corrected chi connectivity index (χ3v) is 5.60. The molecule has 3 aromatic heterocycles. The molecule has 10 heteroatoms. The molecule has 4 aromatic rings. The van der Waals surface area contributed by atoms with E-state index in [4.69, 9.17) is 15.5 Å². The molecule has 158 valence electrons. The highest BCUT2D eigenvalue weighted by Gasteiger charge is 2.25. The molecule has 0 aliphatic carbocycles. The lowest BCUT2D eigenvalue weighted by Crippen LogP contribution is -2.50. The van der Waals surface area contributed by atoms with Crippen LogP contribution < -0.4 is 15.4 Å². The van der Waals surface area contributed by atoms with Crippen LogP contribution in [0.4, 0.5) is 11.6 Å². The number of pyridine rings is 1. The van der Waals surface area contributed by atoms with Gasteiger partial charge in [-0.2, -0.15) is 10.1 Å². The number of nitrogens with one attached hydrogen (secondary N) is 1. The number of hydrogen-bond donors (Lipinski definition) is 2. The first-order chi connectivity index (χ1) is 15.0. The minimum Gasteiger partial charge on any atom is -0.437 e. The molecule has 0 saturated carbocycles. The van der Waals surface area contributed by atoms with Gasteiger partial charge >= 0.3 is 0 Å². The van der Waals surface area contributed by atoms with Gasteiger partial charge in [-0.05, 0) is 25.5 Å². The summed E-state index contributed by atoms with van der Waals surface area (Å²) >= 11 is 0. The minimum atomic E-state index is 0.0688. The first kappa shape index (κ1) is 19.0. The molecule has 1 aromatic carbocycles. The number of nitrogens with two attached hydrogens (primary N) is 1. The summed E-state index contributed by atoms with van der Waals surface area (Å²) in [7, 11) is 0. The number of anilines is 2. The number of fused-ring (bicyclic) bond motifs is 2. The van der Waals surface area contributed by atoms with E-state index in [1.54, 1.807) is 6.20 Å². The number of carbonyl (C=O) groups is 1. The van der Waals surface area contributed by atoms with Gasteiger partial charge in [0.25, 0.3) is 0 Å². The maximum Gasteiger partial charge on any atom is 0.242 e. The molecule has 1 aliphatic heterocycles. The Hall–Kier alpha value is -3.95. The van der Waals surface area contributed by atoms with Crippen LogP contribution in [0, 0.1) is 6.92 Å². The van der Waals surface area contributed by atoms with Crippen LogP contribution >= 0.6 is 0 Å². The Morgan fingerprint density at radius 1 is 1.26 bits per heavy atom. The third-order valence-electron chi connectivity index (χ3n) is 5.60. The molecule has 0 radical (unpaired) electrons. The topological polar surface area (TPSA) is 126 Å². The summed E-state index contributed by atoms with van der Waals surface area (Å²) in [6.07, 6.45) is 3.12. The fourth-order valence-electron chi connectivity index (χ4n) is 3.86. The predicted octanol–water partition coefficient (Wildman–Crippen LogP) is 2.25. The number of benzene rings is 1. The van der Waals surface area contributed by atoms with E-state index in [1.807, 2.05) is 41.8 Å². The highest BCUT2D eigenvalue weighted by atomic mass is 16.5. The van der Waals surface area contributed by atoms with Crippen molar-refractivity contribution in [1.82, 2.24) is 30.0 Å². The monoisotopic (exact) mass is 418 g/mol. The van der Waals surface area contributed by atoms with E-state index in [2.05, 4.69) is 20.2 Å². The summed E-state index contributed by atoms with van der Waals surface area (Å²) < 4.78 is 6.32. The zero-order valence-corrected chi connectivity index (χ0v) is 17.3. The van der Waals surface area contributed by atoms with Crippen LogP contribution in [0.1, 0.15) is 12.5 Å². The number of likely N-dealkylation sites (N-methyl/N-ethyl adjacent to an activating group) is 1. The van der Waals surface area contributed by atoms with Crippen LogP contribution in [0.25, 0.3) is 21.8 Å². The molecule has 5 rings (SSSR count). The summed E-state index contributed by atoms with van der Waals surface area (Å²) in [5.74, 6) is 1.89. The van der Waals surface area contributed by atoms with E-state index in [0.29, 0.717) is 48.0 Å². The number of aromatic amines is 1. The Morgan fingerprint density at radius 3 is 2.94 bits per heavy atom. The van der Waals surface area contributed by atoms with Gasteiger partial charge in [0.15, 0.2) is 0 Å². The summed E-state index contributed by atoms with van der Waals surface area (Å²) in [6.45, 7) is 6.20. The number of nitrogens with zero attached hydrogens (tertiary/aromatic N) is 6. The minimum absolute atomic E-state index is 0.0688. The van der Waals surface area contributed by atoms with E-state index >= 15 is 0 Å². The summed E-state index contributed by atoms with van der Waals surface area (Å²) in [6, 6.07) is 5.72. The van der Waals surface area contributed by atoms with E-state index < -0.39 is 0 Å². The van der Waals surface area contributed by atoms with Crippen molar-refractivity contribution >= 4 is 39.3 Å². The molecule has 31 heavy (non-hydrogen) atoms. The zero-order chi connectivity index (χ0) is 21.5. The van der Waals surface area contributed by atoms with Crippen LogP contribution in [0.15, 0.2) is 30.7 Å². The second kappa shape index (κ2) is 7.38. The van der Waals surface area contributed by atoms with Crippen molar-refractivity contribution in [1.29, 1.82) is 0 Å². The summed E-state index contributed by atoms with van der Waals surface area (Å²) in [4.78, 5) is 29.4. The van der Waals surface area contributed by atoms with Gasteiger partial charge in [-0.3, -0.25) is 9.89 Å². The van der Waals surface area contributed by atoms with Crippen molar-refractivity contribution in [2.45, 2.75) is 13.8 Å². The number of H-pyrrole nitrogens is 1. The van der Waals surface area contributed by atoms with Crippen LogP contribution in [0.3, 0.4) is 0 Å². The van der Waals surface area contributed by atoms with E-state index in [1.165, 1.54) is 6.33 Å². The van der Waals surface area contributed by atoms with Crippen LogP contribution in [-0.2, 0) is 4.79 Å². The summed E-state index contributed by atoms with van der Waals surface area (Å²) in [5, 5.41) is 8.43. The Labute approximate surface area is 178 Å². The molecule has 0 atom stereocenters. The lowest BCUT2D eigenvalue weighted by atomic mass is 10.1. The zero-order valence-electron chi connectivity index (χ0n) is 17.3. The van der Waals surface area contributed by atoms with Crippen molar-refractivity contribution in [3.8, 4) is 11.6 Å². The van der Waals surface area contributed by atoms with Crippen molar-refractivity contribution in [2.75, 3.05) is 36.8 Å². The molecule has 1 aliphatic rings. The average molecular weight is 418 g/mol. The van der Waals surface area contributed by atoms with Gasteiger partial charge in [0, 0.05) is 25.7 Å². The lowest BCUT2D eigenvalue weighted by Gasteiger charge is -2.34. The van der Waals surface area contributed by atoms with Gasteiger partial charge in [-0.1, -0.05) is 6.07 Å². The number of carbonyl (C=O) groups excluding carboxylic acids is 1. The first-order valence-corrected chi connectivity index (χ1v) is 10.1. The van der Waals surface area contributed by atoms with E-state index in [-0.39, 0.29) is 18.3 Å². The molecule has 1 saturated heterocycles. The van der Waals surface area contributed by atoms with Gasteiger partial charge in [-0.25, -0.2) is 9.97 Å². The number of aryl methyl sites for hydroxylation is 1. The molecule has 0 spiro atoms. The van der Waals surface area contributed by atoms with Gasteiger partial charge in [0.2, 0.25) is 11.8 Å². The first-order valence-electron chi connectivity index (χ1n) is 10.1. The molecule has 10 nitrogen and oxygen atoms in total. The molecule has 0 bridgehead atoms. The Kier molecular flexibility index (Phi) is 4.54. The number of nitrogen functional groups attached to an aromatic ring is 1. The maximum atomic E-state index is 12.4. The third kappa shape index (κ3) is 3.25. The van der Waals surface area contributed by atoms with Crippen LogP contribution in [0.5, 0.6) is 11.6 Å². The van der Waals surface area contributed by atoms with Crippen molar-refractivity contribution < 1.29 is 9.53 Å². The molecule has 0 unspecified atom stereocenters. The maximum absolute atomic E-state index is 12.4. The molecule has 3 N–H and O–H groups in total. The molecular weight excluding hydrogens is 396 g/mol. The van der Waals surface area contributed by atoms with Gasteiger partial charge < -0.3 is 20.3 Å². The number of aromatic nitrogens is 5. The highest BCUT2D eigenvalue weighted by Crippen LogP contribution is 2.37. The average Bonchev–Trinajstić information content (AvgIpc) is 3.24. The van der Waals surface area contributed by atoms with Crippen molar-refractivity contribution in [3.63, 3.8) is 0 Å². The van der Waals surface area contributed by atoms with Gasteiger partial charge in [0.1, 0.15) is 29.1 Å². The number of amides is 1. The Morgan fingerprint density at radius 2 is 2.13 bits per heavy atom. The Bertz CT molecular complexity index is 1300. The second-order valence-corrected chi connectivity index (χ2v) is 7.48. The van der Waals surface area contributed by atoms with E-state index in [9.17, 15) is 4.79 Å². The Balaban J connectivity index is 1.62. The van der Waals surface area contributed by atoms with Crippen molar-refractivity contribution in [2.24, 2.45) is 0 Å². The summed E-state index contributed by atoms with van der Waals surface area (Å²) in [5.41, 5.74) is 8.55. The predicted molar refractivity (Wildman–Crippen MR) is 117 cm³/mol. The van der Waals surface area contributed by atoms with Crippen molar-refractivity contribution in [3.05, 3.63) is 36.3 Å². The number of hydrogen-bond acceptors (Lipinski definition) is 8. The standard InChI is InChI=1S/C21H22N8O2/c1-3-28-6-7-29(10-17(28)30)16-8-15-18(20(22)24-11-23-15)21(26-16)31-19-12(2)4-5-14-13(19)9-25-27-14/h4-5,8-9,11H,3,6-7,10H2,1-2H3,(H,25,27)(H2,22,23,24). The molecule has 1 amide bonds. The molecular formula is C21H22N8O2. The van der Waals surface area contributed by atoms with Gasteiger partial charge in [-0.15, -0.1) is 0 Å². The number of rotatable bonds is 4. The van der Waals surface area contributed by atoms with E-state index in [0.717, 1.165) is 16.5 Å². The lowest BCUT2D eigenvalue weighted by molar-refractivity contribution is -0.130. The largest absolute Gasteiger partial charge is 0.437 e. The fraction of sp³-hybridized carbons (Fsp3) is 0.286. The molecule has 4 heterocycles. The second-order valence-electron chi connectivity index (χ2n) is 7.48. The quantitative estimate of drug-likeness (QED) is 0.517. The normalized spacial score (nSPS) is 14.6. The number of ether oxygens (including phenoxy) is 1.